The van der Waals surface area contributed by atoms with Gasteiger partial charge in [-0.15, -0.1) is 0 Å². The summed E-state index contributed by atoms with van der Waals surface area (Å²) in [6.45, 7) is 5.55. The molecule has 2 aliphatic rings. The van der Waals surface area contributed by atoms with Crippen LogP contribution < -0.4 is 19.8 Å². The molecule has 0 saturated carbocycles. The normalized spacial score (nSPS) is 16.5. The molecule has 2 amide bonds. The fraction of sp³-hybridized carbons (Fsp3) is 0.440. The van der Waals surface area contributed by atoms with Gasteiger partial charge in [-0.05, 0) is 55.6 Å². The number of fused-ring (bicyclic) bond motifs is 1. The number of carbonyl (C=O) groups excluding carboxylic acids is 2. The molecule has 1 saturated heterocycles. The number of rotatable bonds is 7. The molecule has 0 unspecified atom stereocenters. The summed E-state index contributed by atoms with van der Waals surface area (Å²) in [5.74, 6) is -1.46. The van der Waals surface area contributed by atoms with E-state index in [4.69, 9.17) is 0 Å². The van der Waals surface area contributed by atoms with E-state index in [1.165, 1.54) is 16.2 Å². The minimum Gasteiger partial charge on any atom is -0.369 e. The molecular formula is C25H33N5O4S. The molecule has 4 rings (SSSR count). The smallest absolute Gasteiger partial charge is 0.313 e. The first-order valence-corrected chi connectivity index (χ1v) is 13.9. The van der Waals surface area contributed by atoms with Crippen LogP contribution in [-0.2, 0) is 26.0 Å². The fourth-order valence-electron chi connectivity index (χ4n) is 4.60. The minimum atomic E-state index is -3.41. The monoisotopic (exact) mass is 499 g/mol. The molecule has 0 spiro atoms. The van der Waals surface area contributed by atoms with Gasteiger partial charge in [-0.2, -0.15) is 0 Å². The first kappa shape index (κ1) is 25.0. The molecule has 188 valence electrons. The average Bonchev–Trinajstić information content (AvgIpc) is 2.86. The third-order valence-corrected chi connectivity index (χ3v) is 7.64. The van der Waals surface area contributed by atoms with E-state index < -0.39 is 21.8 Å². The number of benzene rings is 2. The van der Waals surface area contributed by atoms with Gasteiger partial charge in [0.2, 0.25) is 10.0 Å². The van der Waals surface area contributed by atoms with Crippen LogP contribution in [0.2, 0.25) is 0 Å². The number of nitrogens with one attached hydrogen (secondary N) is 2. The number of carbonyl (C=O) groups is 2. The van der Waals surface area contributed by atoms with E-state index >= 15 is 0 Å². The van der Waals surface area contributed by atoms with Crippen LogP contribution in [0.25, 0.3) is 0 Å². The van der Waals surface area contributed by atoms with Crippen LogP contribution in [0.1, 0.15) is 18.4 Å². The zero-order chi connectivity index (χ0) is 24.8. The second kappa shape index (κ2) is 11.1. The predicted octanol–water partition coefficient (Wildman–Crippen LogP) is 1.67. The number of piperazine rings is 1. The Hall–Kier alpha value is -3.11. The van der Waals surface area contributed by atoms with Crippen LogP contribution in [0.15, 0.2) is 48.5 Å². The Bertz CT molecular complexity index is 1150. The third-order valence-electron chi connectivity index (χ3n) is 6.46. The van der Waals surface area contributed by atoms with Gasteiger partial charge in [0.05, 0.1) is 11.9 Å². The molecule has 1 fully saturated rings. The Kier molecular flexibility index (Phi) is 7.92. The highest BCUT2D eigenvalue weighted by atomic mass is 32.2. The number of sulfonamides is 1. The molecule has 10 heteroatoms. The maximum Gasteiger partial charge on any atom is 0.313 e. The molecule has 0 aliphatic carbocycles. The summed E-state index contributed by atoms with van der Waals surface area (Å²) in [6, 6.07) is 15.5. The standard InChI is InChI=1S/C25H33N5O4S/c1-35(33,34)30-14-5-7-20-10-11-21(19-23(20)30)27-25(32)24(31)26-12-6-13-28-15-17-29(18-16-28)22-8-3-2-4-9-22/h2-4,8-11,19H,5-7,12-18H2,1H3,(H,26,31)(H,27,32). The molecule has 9 nitrogen and oxygen atoms in total. The van der Waals surface area contributed by atoms with E-state index in [1.807, 2.05) is 6.07 Å². The van der Waals surface area contributed by atoms with E-state index in [2.05, 4.69) is 44.7 Å². The van der Waals surface area contributed by atoms with E-state index in [1.54, 1.807) is 18.2 Å². The van der Waals surface area contributed by atoms with Gasteiger partial charge in [0.25, 0.3) is 0 Å². The lowest BCUT2D eigenvalue weighted by atomic mass is 10.0. The predicted molar refractivity (Wildman–Crippen MR) is 138 cm³/mol. The summed E-state index contributed by atoms with van der Waals surface area (Å²) in [7, 11) is -3.41. The lowest BCUT2D eigenvalue weighted by molar-refractivity contribution is -0.136. The Balaban J connectivity index is 1.20. The molecule has 35 heavy (non-hydrogen) atoms. The van der Waals surface area contributed by atoms with Crippen molar-refractivity contribution in [3.05, 3.63) is 54.1 Å². The van der Waals surface area contributed by atoms with Crippen LogP contribution >= 0.6 is 0 Å². The minimum absolute atomic E-state index is 0.399. The molecule has 2 aromatic rings. The Morgan fingerprint density at radius 1 is 0.943 bits per heavy atom. The number of hydrogen-bond acceptors (Lipinski definition) is 6. The third kappa shape index (κ3) is 6.52. The number of para-hydroxylation sites is 1. The fourth-order valence-corrected chi connectivity index (χ4v) is 5.59. The van der Waals surface area contributed by atoms with Gasteiger partial charge in [0.15, 0.2) is 0 Å². The second-order valence-corrected chi connectivity index (χ2v) is 10.9. The summed E-state index contributed by atoms with van der Waals surface area (Å²) in [4.78, 5) is 29.4. The lowest BCUT2D eigenvalue weighted by Crippen LogP contribution is -2.47. The molecule has 0 atom stereocenters. The highest BCUT2D eigenvalue weighted by molar-refractivity contribution is 7.92. The number of anilines is 3. The maximum absolute atomic E-state index is 12.4. The molecule has 0 radical (unpaired) electrons. The largest absolute Gasteiger partial charge is 0.369 e. The average molecular weight is 500 g/mol. The summed E-state index contributed by atoms with van der Waals surface area (Å²) >= 11 is 0. The molecule has 2 N–H and O–H groups in total. The van der Waals surface area contributed by atoms with Crippen LogP contribution in [0.5, 0.6) is 0 Å². The summed E-state index contributed by atoms with van der Waals surface area (Å²) in [5.41, 5.74) is 3.11. The second-order valence-electron chi connectivity index (χ2n) is 9.01. The van der Waals surface area contributed by atoms with Crippen molar-refractivity contribution in [3.63, 3.8) is 0 Å². The molecule has 2 aromatic carbocycles. The Labute approximate surface area is 207 Å². The summed E-state index contributed by atoms with van der Waals surface area (Å²) < 4.78 is 25.6. The van der Waals surface area contributed by atoms with Crippen molar-refractivity contribution in [1.82, 2.24) is 10.2 Å². The highest BCUT2D eigenvalue weighted by Gasteiger charge is 2.25. The number of amides is 2. The number of hydrogen-bond donors (Lipinski definition) is 2. The first-order chi connectivity index (χ1) is 16.8. The van der Waals surface area contributed by atoms with Gasteiger partial charge in [0, 0.05) is 50.6 Å². The Morgan fingerprint density at radius 2 is 1.69 bits per heavy atom. The SMILES string of the molecule is CS(=O)(=O)N1CCCc2ccc(NC(=O)C(=O)NCCCN3CCN(c4ccccc4)CC3)cc21. The van der Waals surface area contributed by atoms with Gasteiger partial charge in [-0.25, -0.2) is 8.42 Å². The van der Waals surface area contributed by atoms with E-state index in [0.717, 1.165) is 57.5 Å². The molecule has 2 heterocycles. The van der Waals surface area contributed by atoms with Crippen molar-refractivity contribution < 1.29 is 18.0 Å². The van der Waals surface area contributed by atoms with Crippen LogP contribution in [0, 0.1) is 0 Å². The Morgan fingerprint density at radius 3 is 2.40 bits per heavy atom. The van der Waals surface area contributed by atoms with Crippen LogP contribution in [0.3, 0.4) is 0 Å². The lowest BCUT2D eigenvalue weighted by Gasteiger charge is -2.36. The molecule has 0 aromatic heterocycles. The summed E-state index contributed by atoms with van der Waals surface area (Å²) in [5, 5.41) is 5.26. The van der Waals surface area contributed by atoms with Gasteiger partial charge in [-0.3, -0.25) is 18.8 Å². The van der Waals surface area contributed by atoms with E-state index in [-0.39, 0.29) is 0 Å². The van der Waals surface area contributed by atoms with E-state index in [0.29, 0.717) is 24.5 Å². The van der Waals surface area contributed by atoms with Crippen molar-refractivity contribution in [1.29, 1.82) is 0 Å². The van der Waals surface area contributed by atoms with Gasteiger partial charge in [0.1, 0.15) is 0 Å². The van der Waals surface area contributed by atoms with Crippen molar-refractivity contribution in [3.8, 4) is 0 Å². The van der Waals surface area contributed by atoms with Crippen molar-refractivity contribution in [2.75, 3.05) is 66.6 Å². The van der Waals surface area contributed by atoms with Crippen LogP contribution in [-0.4, -0.2) is 77.2 Å². The summed E-state index contributed by atoms with van der Waals surface area (Å²) in [6.07, 6.45) is 3.45. The first-order valence-electron chi connectivity index (χ1n) is 12.0. The topological polar surface area (TPSA) is 102 Å². The zero-order valence-corrected chi connectivity index (χ0v) is 20.9. The molecular weight excluding hydrogens is 466 g/mol. The van der Waals surface area contributed by atoms with E-state index in [9.17, 15) is 18.0 Å². The highest BCUT2D eigenvalue weighted by Crippen LogP contribution is 2.31. The number of nitrogens with zero attached hydrogens (tertiary/aromatic N) is 3. The number of aryl methyl sites for hydroxylation is 1. The van der Waals surface area contributed by atoms with Gasteiger partial charge < -0.3 is 15.5 Å². The molecule has 2 aliphatic heterocycles. The van der Waals surface area contributed by atoms with Crippen molar-refractivity contribution in [2.24, 2.45) is 0 Å². The maximum atomic E-state index is 12.4. The quantitative estimate of drug-likeness (QED) is 0.444. The van der Waals surface area contributed by atoms with Gasteiger partial charge in [-0.1, -0.05) is 24.3 Å². The van der Waals surface area contributed by atoms with Gasteiger partial charge >= 0.3 is 11.8 Å². The zero-order valence-electron chi connectivity index (χ0n) is 20.1. The van der Waals surface area contributed by atoms with Crippen molar-refractivity contribution in [2.45, 2.75) is 19.3 Å². The molecule has 0 bridgehead atoms. The van der Waals surface area contributed by atoms with Crippen molar-refractivity contribution >= 4 is 38.9 Å². The van der Waals surface area contributed by atoms with Crippen LogP contribution in [0.4, 0.5) is 17.1 Å².